The molecule has 19 heavy (non-hydrogen) atoms. The molecule has 1 heterocycles. The molecule has 1 atom stereocenters. The van der Waals surface area contributed by atoms with Gasteiger partial charge in [0.05, 0.1) is 18.8 Å². The van der Waals surface area contributed by atoms with Gasteiger partial charge in [-0.2, -0.15) is 5.10 Å². The number of carbonyl (C=O) groups is 1. The molecule has 5 heteroatoms. The van der Waals surface area contributed by atoms with Gasteiger partial charge in [0.1, 0.15) is 0 Å². The third-order valence-electron chi connectivity index (χ3n) is 2.87. The van der Waals surface area contributed by atoms with E-state index in [1.54, 1.807) is 25.6 Å². The van der Waals surface area contributed by atoms with E-state index in [1.807, 2.05) is 25.1 Å². The van der Waals surface area contributed by atoms with Crippen molar-refractivity contribution in [2.75, 3.05) is 7.11 Å². The SMILES string of the molecule is COCc1cccc(C(=O)NC(C)c2cn[nH]c2)c1. The summed E-state index contributed by atoms with van der Waals surface area (Å²) >= 11 is 0. The number of carbonyl (C=O) groups excluding carboxylic acids is 1. The molecule has 2 N–H and O–H groups in total. The van der Waals surface area contributed by atoms with Crippen LogP contribution in [0, 0.1) is 0 Å². The Morgan fingerprint density at radius 2 is 2.37 bits per heavy atom. The van der Waals surface area contributed by atoms with Gasteiger partial charge in [-0.1, -0.05) is 12.1 Å². The zero-order chi connectivity index (χ0) is 13.7. The van der Waals surface area contributed by atoms with E-state index < -0.39 is 0 Å². The van der Waals surface area contributed by atoms with Crippen molar-refractivity contribution in [1.29, 1.82) is 0 Å². The standard InChI is InChI=1S/C14H17N3O2/c1-10(13-7-15-16-8-13)17-14(18)12-5-3-4-11(6-12)9-19-2/h3-8,10H,9H2,1-2H3,(H,15,16)(H,17,18). The molecule has 0 fully saturated rings. The fraction of sp³-hybridized carbons (Fsp3) is 0.286. The zero-order valence-electron chi connectivity index (χ0n) is 11.0. The lowest BCUT2D eigenvalue weighted by Crippen LogP contribution is -2.26. The van der Waals surface area contributed by atoms with Crippen molar-refractivity contribution in [3.8, 4) is 0 Å². The van der Waals surface area contributed by atoms with Gasteiger partial charge in [0.25, 0.3) is 5.91 Å². The highest BCUT2D eigenvalue weighted by molar-refractivity contribution is 5.94. The minimum atomic E-state index is -0.105. The van der Waals surface area contributed by atoms with Crippen molar-refractivity contribution >= 4 is 5.91 Å². The summed E-state index contributed by atoms with van der Waals surface area (Å²) in [5.74, 6) is -0.105. The number of nitrogens with zero attached hydrogens (tertiary/aromatic N) is 1. The number of hydrogen-bond acceptors (Lipinski definition) is 3. The van der Waals surface area contributed by atoms with Crippen LogP contribution in [0.3, 0.4) is 0 Å². The van der Waals surface area contributed by atoms with Gasteiger partial charge in [-0.05, 0) is 24.6 Å². The molecule has 1 unspecified atom stereocenters. The third kappa shape index (κ3) is 3.42. The van der Waals surface area contributed by atoms with Gasteiger partial charge in [-0.15, -0.1) is 0 Å². The Labute approximate surface area is 112 Å². The molecule has 1 aromatic heterocycles. The molecule has 0 saturated heterocycles. The lowest BCUT2D eigenvalue weighted by atomic mass is 10.1. The van der Waals surface area contributed by atoms with Crippen LogP contribution in [0.1, 0.15) is 34.5 Å². The molecule has 1 amide bonds. The Kier molecular flexibility index (Phi) is 4.30. The van der Waals surface area contributed by atoms with Gasteiger partial charge >= 0.3 is 0 Å². The Balaban J connectivity index is 2.05. The molecule has 0 spiro atoms. The highest BCUT2D eigenvalue weighted by atomic mass is 16.5. The first-order valence-electron chi connectivity index (χ1n) is 6.08. The van der Waals surface area contributed by atoms with E-state index in [1.165, 1.54) is 0 Å². The summed E-state index contributed by atoms with van der Waals surface area (Å²) in [5, 5.41) is 9.53. The first kappa shape index (κ1) is 13.3. The van der Waals surface area contributed by atoms with Crippen LogP contribution in [-0.2, 0) is 11.3 Å². The van der Waals surface area contributed by atoms with Crippen LogP contribution in [-0.4, -0.2) is 23.2 Å². The van der Waals surface area contributed by atoms with Crippen LogP contribution in [0.2, 0.25) is 0 Å². The quantitative estimate of drug-likeness (QED) is 0.863. The summed E-state index contributed by atoms with van der Waals surface area (Å²) < 4.78 is 5.06. The summed E-state index contributed by atoms with van der Waals surface area (Å²) in [4.78, 5) is 12.1. The van der Waals surface area contributed by atoms with Crippen molar-refractivity contribution in [2.24, 2.45) is 0 Å². The van der Waals surface area contributed by atoms with Gasteiger partial charge in [-0.3, -0.25) is 9.89 Å². The first-order valence-corrected chi connectivity index (χ1v) is 6.08. The van der Waals surface area contributed by atoms with Crippen molar-refractivity contribution in [1.82, 2.24) is 15.5 Å². The minimum Gasteiger partial charge on any atom is -0.380 e. The number of benzene rings is 1. The molecule has 1 aromatic carbocycles. The number of hydrogen-bond donors (Lipinski definition) is 2. The van der Waals surface area contributed by atoms with E-state index in [4.69, 9.17) is 4.74 Å². The van der Waals surface area contributed by atoms with E-state index >= 15 is 0 Å². The van der Waals surface area contributed by atoms with Crippen molar-refractivity contribution in [3.05, 3.63) is 53.3 Å². The number of nitrogens with one attached hydrogen (secondary N) is 2. The van der Waals surface area contributed by atoms with Crippen LogP contribution in [0.25, 0.3) is 0 Å². The van der Waals surface area contributed by atoms with Crippen LogP contribution in [0.5, 0.6) is 0 Å². The Morgan fingerprint density at radius 1 is 1.53 bits per heavy atom. The van der Waals surface area contributed by atoms with Crippen molar-refractivity contribution in [3.63, 3.8) is 0 Å². The van der Waals surface area contributed by atoms with Crippen molar-refractivity contribution < 1.29 is 9.53 Å². The van der Waals surface area contributed by atoms with E-state index in [2.05, 4.69) is 15.5 Å². The van der Waals surface area contributed by atoms with E-state index in [0.29, 0.717) is 12.2 Å². The highest BCUT2D eigenvalue weighted by Crippen LogP contribution is 2.12. The van der Waals surface area contributed by atoms with Crippen molar-refractivity contribution in [2.45, 2.75) is 19.6 Å². The summed E-state index contributed by atoms with van der Waals surface area (Å²) in [6.45, 7) is 2.42. The summed E-state index contributed by atoms with van der Waals surface area (Å²) in [7, 11) is 1.63. The van der Waals surface area contributed by atoms with E-state index in [0.717, 1.165) is 11.1 Å². The average molecular weight is 259 g/mol. The molecule has 0 bridgehead atoms. The number of ether oxygens (including phenoxy) is 1. The Morgan fingerprint density at radius 3 is 3.05 bits per heavy atom. The third-order valence-corrected chi connectivity index (χ3v) is 2.87. The predicted octanol–water partition coefficient (Wildman–Crippen LogP) is 2.05. The maximum Gasteiger partial charge on any atom is 0.251 e. The van der Waals surface area contributed by atoms with Crippen LogP contribution >= 0.6 is 0 Å². The van der Waals surface area contributed by atoms with Gasteiger partial charge in [0.15, 0.2) is 0 Å². The average Bonchev–Trinajstić information content (AvgIpc) is 2.93. The molecule has 0 aliphatic heterocycles. The monoisotopic (exact) mass is 259 g/mol. The second-order valence-electron chi connectivity index (χ2n) is 4.36. The normalized spacial score (nSPS) is 12.1. The smallest absolute Gasteiger partial charge is 0.251 e. The number of aromatic amines is 1. The van der Waals surface area contributed by atoms with Gasteiger partial charge in [0.2, 0.25) is 0 Å². The molecule has 0 radical (unpaired) electrons. The molecule has 2 rings (SSSR count). The molecule has 100 valence electrons. The second-order valence-corrected chi connectivity index (χ2v) is 4.36. The van der Waals surface area contributed by atoms with Gasteiger partial charge in [0, 0.05) is 24.4 Å². The lowest BCUT2D eigenvalue weighted by molar-refractivity contribution is 0.0939. The molecule has 0 aliphatic carbocycles. The fourth-order valence-electron chi connectivity index (χ4n) is 1.83. The highest BCUT2D eigenvalue weighted by Gasteiger charge is 2.12. The number of methoxy groups -OCH3 is 1. The topological polar surface area (TPSA) is 67.0 Å². The molecule has 0 aliphatic rings. The maximum atomic E-state index is 12.1. The van der Waals surface area contributed by atoms with Crippen LogP contribution in [0.4, 0.5) is 0 Å². The van der Waals surface area contributed by atoms with E-state index in [-0.39, 0.29) is 11.9 Å². The number of aromatic nitrogens is 2. The largest absolute Gasteiger partial charge is 0.380 e. The molecule has 5 nitrogen and oxygen atoms in total. The van der Waals surface area contributed by atoms with Crippen LogP contribution in [0.15, 0.2) is 36.7 Å². The molecular formula is C14H17N3O2. The Bertz CT molecular complexity index is 537. The molecule has 0 saturated carbocycles. The maximum absolute atomic E-state index is 12.1. The van der Waals surface area contributed by atoms with E-state index in [9.17, 15) is 4.79 Å². The molecule has 2 aromatic rings. The molecular weight excluding hydrogens is 242 g/mol. The lowest BCUT2D eigenvalue weighted by Gasteiger charge is -2.12. The van der Waals surface area contributed by atoms with Crippen LogP contribution < -0.4 is 5.32 Å². The zero-order valence-corrected chi connectivity index (χ0v) is 11.0. The van der Waals surface area contributed by atoms with Gasteiger partial charge in [-0.25, -0.2) is 0 Å². The predicted molar refractivity (Wildman–Crippen MR) is 71.6 cm³/mol. The summed E-state index contributed by atoms with van der Waals surface area (Å²) in [6.07, 6.45) is 3.47. The first-order chi connectivity index (χ1) is 9.20. The number of amides is 1. The second kappa shape index (κ2) is 6.15. The van der Waals surface area contributed by atoms with Gasteiger partial charge < -0.3 is 10.1 Å². The minimum absolute atomic E-state index is 0.0858. The summed E-state index contributed by atoms with van der Waals surface area (Å²) in [6, 6.07) is 7.32. The number of rotatable bonds is 5. The fourth-order valence-corrected chi connectivity index (χ4v) is 1.83. The summed E-state index contributed by atoms with van der Waals surface area (Å²) in [5.41, 5.74) is 2.55. The number of H-pyrrole nitrogens is 1. The Hall–Kier alpha value is -2.14.